The second-order valence-corrected chi connectivity index (χ2v) is 6.60. The van der Waals surface area contributed by atoms with E-state index in [-0.39, 0.29) is 11.8 Å². The molecule has 0 fully saturated rings. The van der Waals surface area contributed by atoms with E-state index in [4.69, 9.17) is 0 Å². The van der Waals surface area contributed by atoms with Gasteiger partial charge in [0.15, 0.2) is 0 Å². The van der Waals surface area contributed by atoms with E-state index in [0.29, 0.717) is 11.4 Å². The molecular formula is C21H23N3O2. The topological polar surface area (TPSA) is 61.4 Å². The molecule has 2 amide bonds. The summed E-state index contributed by atoms with van der Waals surface area (Å²) in [4.78, 5) is 25.6. The zero-order valence-corrected chi connectivity index (χ0v) is 15.1. The van der Waals surface area contributed by atoms with Gasteiger partial charge < -0.3 is 15.5 Å². The van der Waals surface area contributed by atoms with Crippen molar-refractivity contribution in [3.05, 3.63) is 65.2 Å². The Balaban J connectivity index is 1.65. The molecule has 0 radical (unpaired) electrons. The molecule has 2 aromatic rings. The van der Waals surface area contributed by atoms with Crippen molar-refractivity contribution in [1.29, 1.82) is 0 Å². The summed E-state index contributed by atoms with van der Waals surface area (Å²) in [6, 6.07) is 13.4. The molecule has 0 bridgehead atoms. The van der Waals surface area contributed by atoms with E-state index in [2.05, 4.69) is 34.7 Å². The third-order valence-corrected chi connectivity index (χ3v) is 4.31. The average molecular weight is 349 g/mol. The van der Waals surface area contributed by atoms with Crippen LogP contribution in [0.3, 0.4) is 0 Å². The minimum absolute atomic E-state index is 0.147. The first-order valence-electron chi connectivity index (χ1n) is 8.67. The van der Waals surface area contributed by atoms with Gasteiger partial charge in [-0.15, -0.1) is 0 Å². The van der Waals surface area contributed by atoms with Crippen LogP contribution in [0, 0.1) is 0 Å². The molecule has 3 rings (SSSR count). The molecule has 26 heavy (non-hydrogen) atoms. The van der Waals surface area contributed by atoms with Crippen LogP contribution in [0.5, 0.6) is 0 Å². The largest absolute Gasteiger partial charge is 0.326 e. The van der Waals surface area contributed by atoms with Crippen molar-refractivity contribution in [2.24, 2.45) is 0 Å². The number of nitrogens with one attached hydrogen (secondary N) is 2. The molecule has 0 saturated carbocycles. The molecular weight excluding hydrogens is 326 g/mol. The summed E-state index contributed by atoms with van der Waals surface area (Å²) in [7, 11) is 2.12. The third-order valence-electron chi connectivity index (χ3n) is 4.31. The lowest BCUT2D eigenvalue weighted by Crippen LogP contribution is -2.26. The van der Waals surface area contributed by atoms with E-state index < -0.39 is 0 Å². The van der Waals surface area contributed by atoms with Gasteiger partial charge in [-0.05, 0) is 54.4 Å². The number of amides is 2. The molecule has 134 valence electrons. The Bertz CT molecular complexity index is 858. The number of rotatable bonds is 4. The Labute approximate surface area is 153 Å². The van der Waals surface area contributed by atoms with Crippen LogP contribution in [0.15, 0.2) is 48.5 Å². The number of likely N-dealkylation sites (N-methyl/N-ethyl adjacent to an activating group) is 1. The molecule has 1 aliphatic rings. The maximum Gasteiger partial charge on any atom is 0.248 e. The number of hydrogen-bond acceptors (Lipinski definition) is 3. The maximum absolute atomic E-state index is 12.2. The number of benzene rings is 2. The summed E-state index contributed by atoms with van der Waals surface area (Å²) >= 11 is 0. The van der Waals surface area contributed by atoms with Crippen LogP contribution in [0.4, 0.5) is 11.4 Å². The predicted octanol–water partition coefficient (Wildman–Crippen LogP) is 3.28. The highest BCUT2D eigenvalue weighted by Crippen LogP contribution is 2.20. The van der Waals surface area contributed by atoms with Gasteiger partial charge in [0.2, 0.25) is 11.8 Å². The fraction of sp³-hybridized carbons (Fsp3) is 0.238. The molecule has 2 aromatic carbocycles. The van der Waals surface area contributed by atoms with Crippen LogP contribution >= 0.6 is 0 Å². The van der Waals surface area contributed by atoms with E-state index in [1.54, 1.807) is 24.3 Å². The zero-order chi connectivity index (χ0) is 18.5. The fourth-order valence-corrected chi connectivity index (χ4v) is 3.06. The van der Waals surface area contributed by atoms with Crippen LogP contribution in [-0.4, -0.2) is 30.3 Å². The van der Waals surface area contributed by atoms with Gasteiger partial charge in [-0.3, -0.25) is 9.59 Å². The number of fused-ring (bicyclic) bond motifs is 1. The smallest absolute Gasteiger partial charge is 0.248 e. The van der Waals surface area contributed by atoms with Crippen molar-refractivity contribution < 1.29 is 9.59 Å². The first-order chi connectivity index (χ1) is 12.5. The molecule has 0 saturated heterocycles. The van der Waals surface area contributed by atoms with E-state index in [1.165, 1.54) is 24.1 Å². The standard InChI is InChI=1S/C21H23N3O2/c1-15(25)22-19-4-3-5-20(13-19)23-21(26)9-7-16-6-8-17-10-11-24(2)14-18(17)12-16/h3-9,12-13H,10-11,14H2,1-2H3,(H,22,25)(H,23,26)/b9-7+. The average Bonchev–Trinajstić information content (AvgIpc) is 2.59. The number of nitrogens with zero attached hydrogens (tertiary/aromatic N) is 1. The lowest BCUT2D eigenvalue weighted by molar-refractivity contribution is -0.114. The first kappa shape index (κ1) is 17.9. The number of carbonyl (C=O) groups excluding carboxylic acids is 2. The van der Waals surface area contributed by atoms with E-state index in [1.807, 2.05) is 12.1 Å². The van der Waals surface area contributed by atoms with E-state index in [0.717, 1.165) is 25.1 Å². The van der Waals surface area contributed by atoms with Gasteiger partial charge in [0.25, 0.3) is 0 Å². The molecule has 1 heterocycles. The van der Waals surface area contributed by atoms with Crippen molar-refractivity contribution in [2.45, 2.75) is 19.9 Å². The summed E-state index contributed by atoms with van der Waals surface area (Å²) in [5.41, 5.74) is 5.01. The normalized spacial score (nSPS) is 14.1. The lowest BCUT2D eigenvalue weighted by Gasteiger charge is -2.25. The summed E-state index contributed by atoms with van der Waals surface area (Å²) in [6.07, 6.45) is 4.42. The minimum Gasteiger partial charge on any atom is -0.326 e. The fourth-order valence-electron chi connectivity index (χ4n) is 3.06. The Hall–Kier alpha value is -2.92. The predicted molar refractivity (Wildman–Crippen MR) is 105 cm³/mol. The van der Waals surface area contributed by atoms with Crippen LogP contribution < -0.4 is 10.6 Å². The summed E-state index contributed by atoms with van der Waals surface area (Å²) < 4.78 is 0. The van der Waals surface area contributed by atoms with Gasteiger partial charge in [-0.2, -0.15) is 0 Å². The van der Waals surface area contributed by atoms with Gasteiger partial charge in [0, 0.05) is 37.5 Å². The molecule has 0 aliphatic carbocycles. The van der Waals surface area contributed by atoms with E-state index >= 15 is 0 Å². The van der Waals surface area contributed by atoms with Gasteiger partial charge in [0.1, 0.15) is 0 Å². The highest BCUT2D eigenvalue weighted by Gasteiger charge is 2.12. The maximum atomic E-state index is 12.2. The summed E-state index contributed by atoms with van der Waals surface area (Å²) in [5, 5.41) is 5.51. The molecule has 2 N–H and O–H groups in total. The van der Waals surface area contributed by atoms with Crippen LogP contribution in [-0.2, 0) is 22.6 Å². The van der Waals surface area contributed by atoms with Crippen molar-refractivity contribution in [3.63, 3.8) is 0 Å². The van der Waals surface area contributed by atoms with Crippen molar-refractivity contribution in [2.75, 3.05) is 24.2 Å². The Morgan fingerprint density at radius 1 is 1.04 bits per heavy atom. The quantitative estimate of drug-likeness (QED) is 0.833. The van der Waals surface area contributed by atoms with Crippen LogP contribution in [0.25, 0.3) is 6.08 Å². The first-order valence-corrected chi connectivity index (χ1v) is 8.67. The van der Waals surface area contributed by atoms with Gasteiger partial charge in [0.05, 0.1) is 0 Å². The minimum atomic E-state index is -0.209. The zero-order valence-electron chi connectivity index (χ0n) is 15.1. The number of anilines is 2. The van der Waals surface area contributed by atoms with Gasteiger partial charge in [-0.1, -0.05) is 24.3 Å². The van der Waals surface area contributed by atoms with Crippen molar-refractivity contribution in [1.82, 2.24) is 4.90 Å². The van der Waals surface area contributed by atoms with Gasteiger partial charge >= 0.3 is 0 Å². The molecule has 0 aromatic heterocycles. The second kappa shape index (κ2) is 7.97. The van der Waals surface area contributed by atoms with Crippen molar-refractivity contribution >= 4 is 29.3 Å². The molecule has 1 aliphatic heterocycles. The highest BCUT2D eigenvalue weighted by atomic mass is 16.2. The number of carbonyl (C=O) groups is 2. The Morgan fingerprint density at radius 3 is 2.58 bits per heavy atom. The SMILES string of the molecule is CC(=O)Nc1cccc(NC(=O)/C=C/c2ccc3c(c2)CN(C)CC3)c1. The third kappa shape index (κ3) is 4.80. The second-order valence-electron chi connectivity index (χ2n) is 6.60. The van der Waals surface area contributed by atoms with Crippen LogP contribution in [0.1, 0.15) is 23.6 Å². The number of hydrogen-bond donors (Lipinski definition) is 2. The highest BCUT2D eigenvalue weighted by molar-refractivity contribution is 6.02. The molecule has 0 spiro atoms. The summed E-state index contributed by atoms with van der Waals surface area (Å²) in [6.45, 7) is 3.48. The molecule has 5 nitrogen and oxygen atoms in total. The molecule has 0 atom stereocenters. The van der Waals surface area contributed by atoms with Gasteiger partial charge in [-0.25, -0.2) is 0 Å². The Kier molecular flexibility index (Phi) is 5.49. The van der Waals surface area contributed by atoms with Crippen LogP contribution in [0.2, 0.25) is 0 Å². The Morgan fingerprint density at radius 2 is 1.81 bits per heavy atom. The summed E-state index contributed by atoms with van der Waals surface area (Å²) in [5.74, 6) is -0.355. The van der Waals surface area contributed by atoms with E-state index in [9.17, 15) is 9.59 Å². The molecule has 5 heteroatoms. The molecule has 0 unspecified atom stereocenters. The van der Waals surface area contributed by atoms with Crippen molar-refractivity contribution in [3.8, 4) is 0 Å². The monoisotopic (exact) mass is 349 g/mol. The lowest BCUT2D eigenvalue weighted by atomic mass is 9.97.